The van der Waals surface area contributed by atoms with Crippen molar-refractivity contribution in [1.29, 1.82) is 0 Å². The lowest BCUT2D eigenvalue weighted by atomic mass is 10.0. The van der Waals surface area contributed by atoms with E-state index < -0.39 is 10.0 Å². The lowest BCUT2D eigenvalue weighted by molar-refractivity contribution is 0.379. The summed E-state index contributed by atoms with van der Waals surface area (Å²) < 4.78 is 36.8. The molecular weight excluding hydrogens is 380 g/mol. The second-order valence-corrected chi connectivity index (χ2v) is 9.02. The van der Waals surface area contributed by atoms with E-state index in [9.17, 15) is 8.42 Å². The third-order valence-corrected chi connectivity index (χ3v) is 6.05. The Kier molecular flexibility index (Phi) is 6.04. The van der Waals surface area contributed by atoms with Gasteiger partial charge in [-0.1, -0.05) is 13.8 Å². The van der Waals surface area contributed by atoms with Gasteiger partial charge in [0.15, 0.2) is 5.75 Å². The van der Waals surface area contributed by atoms with Crippen LogP contribution in [0.5, 0.6) is 17.2 Å². The summed E-state index contributed by atoms with van der Waals surface area (Å²) in [5, 5.41) is 0. The standard InChI is InChI=1S/C19H26N4O4S/c1-14(2)16-9-19(26-3)17(10-18(16)27-15-11-20-13-21-12-15)22-5-7-23(8-6-22)28(4,24)25/h9-14H,5-8H2,1-4H3. The van der Waals surface area contributed by atoms with Crippen LogP contribution in [0.2, 0.25) is 0 Å². The molecule has 0 radical (unpaired) electrons. The topological polar surface area (TPSA) is 84.9 Å². The van der Waals surface area contributed by atoms with Crippen molar-refractivity contribution >= 4 is 15.7 Å². The van der Waals surface area contributed by atoms with E-state index in [1.165, 1.54) is 16.9 Å². The second-order valence-electron chi connectivity index (χ2n) is 7.04. The number of rotatable bonds is 6. The molecule has 0 atom stereocenters. The molecule has 0 unspecified atom stereocenters. The molecule has 1 aliphatic heterocycles. The highest BCUT2D eigenvalue weighted by Crippen LogP contribution is 2.40. The average molecular weight is 407 g/mol. The fourth-order valence-corrected chi connectivity index (χ4v) is 4.07. The van der Waals surface area contributed by atoms with E-state index in [-0.39, 0.29) is 5.92 Å². The molecule has 1 aliphatic rings. The molecular formula is C19H26N4O4S. The van der Waals surface area contributed by atoms with Crippen LogP contribution in [0.4, 0.5) is 5.69 Å². The zero-order valence-electron chi connectivity index (χ0n) is 16.6. The van der Waals surface area contributed by atoms with Gasteiger partial charge >= 0.3 is 0 Å². The highest BCUT2D eigenvalue weighted by Gasteiger charge is 2.26. The van der Waals surface area contributed by atoms with Crippen LogP contribution in [-0.2, 0) is 10.0 Å². The third-order valence-electron chi connectivity index (χ3n) is 4.75. The lowest BCUT2D eigenvalue weighted by Crippen LogP contribution is -2.48. The highest BCUT2D eigenvalue weighted by molar-refractivity contribution is 7.88. The molecule has 0 saturated carbocycles. The third kappa shape index (κ3) is 4.53. The molecule has 1 aromatic carbocycles. The first-order chi connectivity index (χ1) is 13.3. The van der Waals surface area contributed by atoms with Gasteiger partial charge in [0.05, 0.1) is 31.4 Å². The summed E-state index contributed by atoms with van der Waals surface area (Å²) in [6.07, 6.45) is 5.93. The molecule has 0 N–H and O–H groups in total. The Bertz CT molecular complexity index is 911. The summed E-state index contributed by atoms with van der Waals surface area (Å²) >= 11 is 0. The molecule has 1 fully saturated rings. The molecule has 1 aromatic heterocycles. The minimum absolute atomic E-state index is 0.227. The Morgan fingerprint density at radius 3 is 2.21 bits per heavy atom. The van der Waals surface area contributed by atoms with Gasteiger partial charge in [0.2, 0.25) is 10.0 Å². The Balaban J connectivity index is 1.93. The van der Waals surface area contributed by atoms with Crippen LogP contribution >= 0.6 is 0 Å². The van der Waals surface area contributed by atoms with Gasteiger partial charge in [-0.2, -0.15) is 4.31 Å². The molecule has 0 amide bonds. The van der Waals surface area contributed by atoms with Gasteiger partial charge in [0, 0.05) is 37.8 Å². The second kappa shape index (κ2) is 8.32. The first-order valence-electron chi connectivity index (χ1n) is 9.14. The highest BCUT2D eigenvalue weighted by atomic mass is 32.2. The number of methoxy groups -OCH3 is 1. The zero-order chi connectivity index (χ0) is 20.3. The average Bonchev–Trinajstić information content (AvgIpc) is 2.67. The number of ether oxygens (including phenoxy) is 2. The SMILES string of the molecule is COc1cc(C(C)C)c(Oc2cncnc2)cc1N1CCN(S(C)(=O)=O)CC1. The number of anilines is 1. The van der Waals surface area contributed by atoms with Gasteiger partial charge in [0.25, 0.3) is 0 Å². The molecule has 9 heteroatoms. The van der Waals surface area contributed by atoms with E-state index in [0.717, 1.165) is 17.0 Å². The normalized spacial score (nSPS) is 15.7. The first-order valence-corrected chi connectivity index (χ1v) is 11.0. The zero-order valence-corrected chi connectivity index (χ0v) is 17.4. The number of nitrogens with zero attached hydrogens (tertiary/aromatic N) is 4. The van der Waals surface area contributed by atoms with Crippen molar-refractivity contribution in [3.63, 3.8) is 0 Å². The van der Waals surface area contributed by atoms with Crippen LogP contribution in [0.25, 0.3) is 0 Å². The molecule has 8 nitrogen and oxygen atoms in total. The van der Waals surface area contributed by atoms with Crippen LogP contribution in [0.15, 0.2) is 30.9 Å². The Labute approximate surface area is 166 Å². The fourth-order valence-electron chi connectivity index (χ4n) is 3.24. The maximum atomic E-state index is 11.8. The molecule has 3 rings (SSSR count). The molecule has 0 spiro atoms. The van der Waals surface area contributed by atoms with E-state index in [4.69, 9.17) is 9.47 Å². The molecule has 2 heterocycles. The molecule has 0 bridgehead atoms. The minimum atomic E-state index is -3.18. The number of hydrogen-bond acceptors (Lipinski definition) is 7. The smallest absolute Gasteiger partial charge is 0.211 e. The van der Waals surface area contributed by atoms with Crippen molar-refractivity contribution in [2.45, 2.75) is 19.8 Å². The van der Waals surface area contributed by atoms with Gasteiger partial charge in [-0.25, -0.2) is 18.4 Å². The van der Waals surface area contributed by atoms with E-state index in [1.807, 2.05) is 12.1 Å². The van der Waals surface area contributed by atoms with Crippen LogP contribution in [0.1, 0.15) is 25.3 Å². The van der Waals surface area contributed by atoms with Crippen molar-refractivity contribution in [2.75, 3.05) is 44.4 Å². The van der Waals surface area contributed by atoms with Crippen molar-refractivity contribution in [1.82, 2.24) is 14.3 Å². The van der Waals surface area contributed by atoms with Crippen LogP contribution in [0.3, 0.4) is 0 Å². The van der Waals surface area contributed by atoms with Crippen molar-refractivity contribution < 1.29 is 17.9 Å². The minimum Gasteiger partial charge on any atom is -0.495 e. The number of piperazine rings is 1. The predicted molar refractivity (Wildman–Crippen MR) is 108 cm³/mol. The predicted octanol–water partition coefficient (Wildman–Crippen LogP) is 2.48. The van der Waals surface area contributed by atoms with Gasteiger partial charge in [0.1, 0.15) is 17.8 Å². The quantitative estimate of drug-likeness (QED) is 0.728. The summed E-state index contributed by atoms with van der Waals surface area (Å²) in [5.74, 6) is 2.24. The van der Waals surface area contributed by atoms with Crippen LogP contribution in [0, 0.1) is 0 Å². The van der Waals surface area contributed by atoms with E-state index in [0.29, 0.717) is 37.7 Å². The van der Waals surface area contributed by atoms with Crippen molar-refractivity contribution in [3.8, 4) is 17.2 Å². The Hall–Kier alpha value is -2.39. The Morgan fingerprint density at radius 1 is 1.04 bits per heavy atom. The first kappa shape index (κ1) is 20.3. The van der Waals surface area contributed by atoms with E-state index in [1.54, 1.807) is 19.5 Å². The van der Waals surface area contributed by atoms with Gasteiger partial charge < -0.3 is 14.4 Å². The Morgan fingerprint density at radius 2 is 1.68 bits per heavy atom. The van der Waals surface area contributed by atoms with Crippen LogP contribution < -0.4 is 14.4 Å². The van der Waals surface area contributed by atoms with Crippen molar-refractivity contribution in [3.05, 3.63) is 36.4 Å². The summed E-state index contributed by atoms with van der Waals surface area (Å²) in [5.41, 5.74) is 1.89. The summed E-state index contributed by atoms with van der Waals surface area (Å²) in [6.45, 7) is 6.23. The molecule has 28 heavy (non-hydrogen) atoms. The number of hydrogen-bond donors (Lipinski definition) is 0. The monoisotopic (exact) mass is 406 g/mol. The lowest BCUT2D eigenvalue weighted by Gasteiger charge is -2.35. The summed E-state index contributed by atoms with van der Waals surface area (Å²) in [4.78, 5) is 10.1. The van der Waals surface area contributed by atoms with E-state index in [2.05, 4.69) is 28.7 Å². The summed E-state index contributed by atoms with van der Waals surface area (Å²) in [6, 6.07) is 3.94. The molecule has 152 valence electrons. The summed E-state index contributed by atoms with van der Waals surface area (Å²) in [7, 11) is -1.54. The number of benzene rings is 1. The number of aromatic nitrogens is 2. The molecule has 1 saturated heterocycles. The van der Waals surface area contributed by atoms with Gasteiger partial charge in [-0.05, 0) is 12.0 Å². The van der Waals surface area contributed by atoms with E-state index >= 15 is 0 Å². The number of sulfonamides is 1. The van der Waals surface area contributed by atoms with Crippen LogP contribution in [-0.4, -0.2) is 62.2 Å². The largest absolute Gasteiger partial charge is 0.495 e. The fraction of sp³-hybridized carbons (Fsp3) is 0.474. The van der Waals surface area contributed by atoms with Gasteiger partial charge in [-0.15, -0.1) is 0 Å². The van der Waals surface area contributed by atoms with Gasteiger partial charge in [-0.3, -0.25) is 0 Å². The van der Waals surface area contributed by atoms with Crippen molar-refractivity contribution in [2.24, 2.45) is 0 Å². The maximum Gasteiger partial charge on any atom is 0.211 e. The maximum absolute atomic E-state index is 11.8. The molecule has 0 aliphatic carbocycles. The molecule has 2 aromatic rings.